The predicted octanol–water partition coefficient (Wildman–Crippen LogP) is 3.14. The number of benzene rings is 1. The molecular formula is C29H33N5O2. The summed E-state index contributed by atoms with van der Waals surface area (Å²) < 4.78 is 0. The molecule has 186 valence electrons. The lowest BCUT2D eigenvalue weighted by atomic mass is 9.89. The Balaban J connectivity index is 1.04. The maximum atomic E-state index is 13.4. The van der Waals surface area contributed by atoms with Crippen LogP contribution >= 0.6 is 0 Å². The largest absolute Gasteiger partial charge is 0.342 e. The number of aliphatic imine (C=N–C) groups is 1. The molecule has 0 bridgehead atoms. The van der Waals surface area contributed by atoms with Gasteiger partial charge in [0.05, 0.1) is 5.70 Å². The molecular weight excluding hydrogens is 450 g/mol. The second kappa shape index (κ2) is 8.44. The van der Waals surface area contributed by atoms with Gasteiger partial charge in [-0.25, -0.2) is 5.43 Å². The van der Waals surface area contributed by atoms with Crippen molar-refractivity contribution in [1.82, 2.24) is 20.7 Å². The van der Waals surface area contributed by atoms with Gasteiger partial charge in [-0.3, -0.25) is 19.5 Å². The van der Waals surface area contributed by atoms with Crippen LogP contribution in [0.2, 0.25) is 0 Å². The van der Waals surface area contributed by atoms with E-state index in [4.69, 9.17) is 4.99 Å². The van der Waals surface area contributed by atoms with Gasteiger partial charge in [0.25, 0.3) is 5.91 Å². The summed E-state index contributed by atoms with van der Waals surface area (Å²) >= 11 is 0. The van der Waals surface area contributed by atoms with E-state index in [1.165, 1.54) is 11.1 Å². The molecule has 7 rings (SSSR count). The number of likely N-dealkylation sites (tertiary alicyclic amines) is 1. The topological polar surface area (TPSA) is 77.0 Å². The van der Waals surface area contributed by atoms with Crippen LogP contribution in [-0.4, -0.2) is 59.2 Å². The molecule has 3 aliphatic carbocycles. The third-order valence-corrected chi connectivity index (χ3v) is 8.55. The molecule has 1 aromatic rings. The summed E-state index contributed by atoms with van der Waals surface area (Å²) in [5, 5.41) is 0. The summed E-state index contributed by atoms with van der Waals surface area (Å²) in [7, 11) is 0. The molecule has 2 atom stereocenters. The van der Waals surface area contributed by atoms with E-state index in [-0.39, 0.29) is 11.8 Å². The van der Waals surface area contributed by atoms with Crippen LogP contribution in [0.15, 0.2) is 59.1 Å². The third kappa shape index (κ3) is 3.90. The quantitative estimate of drug-likeness (QED) is 0.652. The first kappa shape index (κ1) is 22.0. The molecule has 1 aromatic carbocycles. The fraction of sp³-hybridized carbons (Fsp3) is 0.483. The Morgan fingerprint density at radius 3 is 2.61 bits per heavy atom. The van der Waals surface area contributed by atoms with Crippen LogP contribution in [0.4, 0.5) is 0 Å². The fourth-order valence-electron chi connectivity index (χ4n) is 6.00. The normalized spacial score (nSPS) is 28.3. The first-order valence-electron chi connectivity index (χ1n) is 13.5. The molecule has 3 heterocycles. The van der Waals surface area contributed by atoms with Crippen LogP contribution in [-0.2, 0) is 9.59 Å². The highest BCUT2D eigenvalue weighted by molar-refractivity contribution is 6.17. The lowest BCUT2D eigenvalue weighted by Gasteiger charge is -2.25. The Morgan fingerprint density at radius 1 is 1.11 bits per heavy atom. The molecule has 1 unspecified atom stereocenters. The smallest absolute Gasteiger partial charge is 0.256 e. The zero-order valence-electron chi connectivity index (χ0n) is 20.6. The summed E-state index contributed by atoms with van der Waals surface area (Å²) in [6.07, 6.45) is 14.5. The van der Waals surface area contributed by atoms with E-state index < -0.39 is 5.54 Å². The molecule has 6 aliphatic rings. The monoisotopic (exact) mass is 483 g/mol. The molecule has 2 amide bonds. The van der Waals surface area contributed by atoms with Crippen molar-refractivity contribution in [3.8, 4) is 0 Å². The van der Waals surface area contributed by atoms with E-state index >= 15 is 0 Å². The maximum absolute atomic E-state index is 13.4. The van der Waals surface area contributed by atoms with Crippen molar-refractivity contribution in [3.63, 3.8) is 0 Å². The van der Waals surface area contributed by atoms with Crippen molar-refractivity contribution < 1.29 is 9.59 Å². The van der Waals surface area contributed by atoms with Gasteiger partial charge in [0.1, 0.15) is 11.4 Å². The van der Waals surface area contributed by atoms with Gasteiger partial charge in [0.2, 0.25) is 5.91 Å². The van der Waals surface area contributed by atoms with Gasteiger partial charge in [0.15, 0.2) is 0 Å². The predicted molar refractivity (Wildman–Crippen MR) is 139 cm³/mol. The molecule has 0 radical (unpaired) electrons. The summed E-state index contributed by atoms with van der Waals surface area (Å²) in [4.78, 5) is 34.8. The molecule has 3 aliphatic heterocycles. The number of hydrogen-bond donors (Lipinski definition) is 2. The molecule has 1 spiro atoms. The van der Waals surface area contributed by atoms with Crippen LogP contribution in [0.1, 0.15) is 55.6 Å². The van der Waals surface area contributed by atoms with Crippen LogP contribution < -0.4 is 10.9 Å². The molecule has 2 saturated carbocycles. The number of amidine groups is 1. The van der Waals surface area contributed by atoms with Gasteiger partial charge in [-0.15, -0.1) is 0 Å². The van der Waals surface area contributed by atoms with Crippen molar-refractivity contribution in [3.05, 3.63) is 65.3 Å². The molecule has 0 aromatic heterocycles. The highest BCUT2D eigenvalue weighted by Gasteiger charge is 2.57. The summed E-state index contributed by atoms with van der Waals surface area (Å²) in [6, 6.07) is 8.76. The van der Waals surface area contributed by atoms with Crippen LogP contribution in [0.5, 0.6) is 0 Å². The highest BCUT2D eigenvalue weighted by Crippen LogP contribution is 2.47. The van der Waals surface area contributed by atoms with E-state index in [2.05, 4.69) is 59.4 Å². The fourth-order valence-corrected chi connectivity index (χ4v) is 6.00. The van der Waals surface area contributed by atoms with E-state index in [9.17, 15) is 9.59 Å². The van der Waals surface area contributed by atoms with Gasteiger partial charge in [0, 0.05) is 43.6 Å². The number of hydrogen-bond acceptors (Lipinski definition) is 5. The SMILES string of the molecule is O=C(C1CC1)N1CC[C@@H](CN2C(=O)C3(CC3)N=C2C2=CCC(c3ccc(C4=CCNN4)cc3)C=C2)C1. The van der Waals surface area contributed by atoms with Gasteiger partial charge in [-0.1, -0.05) is 42.5 Å². The Hall–Kier alpha value is -3.19. The standard InChI is InChI=1S/C29H33N5O2/c35-27(24-9-10-24)33-16-12-19(17-33)18-34-26(31-29(13-14-29)28(34)36)23-7-3-21(4-8-23)20-1-5-22(6-2-20)25-11-15-30-32-25/h1-3,5-8,11,19,21,24,30,32H,4,9-10,12-18H2/t19-,21?/m1/s1. The van der Waals surface area contributed by atoms with Crippen LogP contribution in [0.3, 0.4) is 0 Å². The Bertz CT molecular complexity index is 1220. The molecule has 36 heavy (non-hydrogen) atoms. The Morgan fingerprint density at radius 2 is 1.94 bits per heavy atom. The molecule has 2 N–H and O–H groups in total. The zero-order valence-corrected chi connectivity index (χ0v) is 20.6. The molecule has 1 saturated heterocycles. The summed E-state index contributed by atoms with van der Waals surface area (Å²) in [5.41, 5.74) is 10.5. The van der Waals surface area contributed by atoms with E-state index in [0.29, 0.717) is 24.3 Å². The van der Waals surface area contributed by atoms with Gasteiger partial charge in [-0.2, -0.15) is 0 Å². The van der Waals surface area contributed by atoms with Crippen molar-refractivity contribution >= 4 is 23.3 Å². The minimum Gasteiger partial charge on any atom is -0.342 e. The average Bonchev–Trinajstić information content (AvgIpc) is 3.77. The second-order valence-electron chi connectivity index (χ2n) is 11.2. The molecule has 3 fully saturated rings. The average molecular weight is 484 g/mol. The van der Waals surface area contributed by atoms with Crippen molar-refractivity contribution in [2.45, 2.75) is 50.0 Å². The highest BCUT2D eigenvalue weighted by atomic mass is 16.2. The van der Waals surface area contributed by atoms with Crippen molar-refractivity contribution in [2.24, 2.45) is 16.8 Å². The number of allylic oxidation sites excluding steroid dienone is 2. The van der Waals surface area contributed by atoms with Gasteiger partial charge in [-0.05, 0) is 61.6 Å². The molecule has 7 heteroatoms. The molecule has 7 nitrogen and oxygen atoms in total. The third-order valence-electron chi connectivity index (χ3n) is 8.55. The number of nitrogens with zero attached hydrogens (tertiary/aromatic N) is 3. The first-order valence-corrected chi connectivity index (χ1v) is 13.5. The minimum absolute atomic E-state index is 0.167. The summed E-state index contributed by atoms with van der Waals surface area (Å²) in [5.74, 6) is 2.25. The number of carbonyl (C=O) groups is 2. The number of amides is 2. The van der Waals surface area contributed by atoms with E-state index in [0.717, 1.165) is 75.3 Å². The zero-order chi connectivity index (χ0) is 24.3. The van der Waals surface area contributed by atoms with Crippen molar-refractivity contribution in [2.75, 3.05) is 26.2 Å². The minimum atomic E-state index is -0.503. The number of carbonyl (C=O) groups excluding carboxylic acids is 2. The Labute approximate surface area is 212 Å². The number of hydrazine groups is 1. The van der Waals surface area contributed by atoms with Crippen molar-refractivity contribution in [1.29, 1.82) is 0 Å². The Kier molecular flexibility index (Phi) is 5.17. The number of nitrogens with one attached hydrogen (secondary N) is 2. The van der Waals surface area contributed by atoms with E-state index in [1.54, 1.807) is 0 Å². The number of rotatable bonds is 6. The van der Waals surface area contributed by atoms with E-state index in [1.807, 2.05) is 9.80 Å². The summed E-state index contributed by atoms with van der Waals surface area (Å²) in [6.45, 7) is 3.11. The van der Waals surface area contributed by atoms with Crippen LogP contribution in [0.25, 0.3) is 5.70 Å². The van der Waals surface area contributed by atoms with Gasteiger partial charge < -0.3 is 10.3 Å². The van der Waals surface area contributed by atoms with Gasteiger partial charge >= 0.3 is 0 Å². The lowest BCUT2D eigenvalue weighted by Crippen LogP contribution is -2.41. The maximum Gasteiger partial charge on any atom is 0.256 e. The lowest BCUT2D eigenvalue weighted by molar-refractivity contribution is -0.131. The van der Waals surface area contributed by atoms with Crippen LogP contribution in [0, 0.1) is 11.8 Å². The first-order chi connectivity index (χ1) is 17.6. The second-order valence-corrected chi connectivity index (χ2v) is 11.2.